The number of rotatable bonds is 4. The van der Waals surface area contributed by atoms with Crippen molar-refractivity contribution in [2.45, 2.75) is 26.2 Å². The standard InChI is InChI=1S/C18H23N3O5/c1-12-8-13(18(23)24)11-20(10-12)14-4-5-16(21(25)26)15(9-14)17(22)19-6-2-3-7-19/h4-5,9,12-13H,2-3,6-8,10-11H2,1H3,(H,23,24). The van der Waals surface area contributed by atoms with Crippen molar-refractivity contribution in [1.82, 2.24) is 4.90 Å². The summed E-state index contributed by atoms with van der Waals surface area (Å²) < 4.78 is 0. The molecule has 1 N–H and O–H groups in total. The molecule has 2 atom stereocenters. The third kappa shape index (κ3) is 3.63. The van der Waals surface area contributed by atoms with Crippen molar-refractivity contribution in [3.63, 3.8) is 0 Å². The van der Waals surface area contributed by atoms with Crippen LogP contribution in [0.5, 0.6) is 0 Å². The molecule has 0 saturated carbocycles. The lowest BCUT2D eigenvalue weighted by Crippen LogP contribution is -2.42. The number of nitro benzene ring substituents is 1. The molecular weight excluding hydrogens is 338 g/mol. The number of nitro groups is 1. The second kappa shape index (κ2) is 7.31. The van der Waals surface area contributed by atoms with E-state index in [0.717, 1.165) is 12.8 Å². The van der Waals surface area contributed by atoms with Gasteiger partial charge in [0.15, 0.2) is 0 Å². The van der Waals surface area contributed by atoms with Crippen LogP contribution in [0.25, 0.3) is 0 Å². The Balaban J connectivity index is 1.93. The molecule has 140 valence electrons. The van der Waals surface area contributed by atoms with E-state index in [9.17, 15) is 24.8 Å². The first-order valence-corrected chi connectivity index (χ1v) is 8.92. The van der Waals surface area contributed by atoms with E-state index in [2.05, 4.69) is 0 Å². The molecule has 2 unspecified atom stereocenters. The SMILES string of the molecule is CC1CC(C(=O)O)CN(c2ccc([N+](=O)[O-])c(C(=O)N3CCCC3)c2)C1. The Labute approximate surface area is 151 Å². The quantitative estimate of drug-likeness (QED) is 0.652. The lowest BCUT2D eigenvalue weighted by molar-refractivity contribution is -0.385. The number of amides is 1. The maximum absolute atomic E-state index is 12.8. The van der Waals surface area contributed by atoms with Gasteiger partial charge in [-0.1, -0.05) is 6.92 Å². The maximum atomic E-state index is 12.8. The fraction of sp³-hybridized carbons (Fsp3) is 0.556. The van der Waals surface area contributed by atoms with E-state index >= 15 is 0 Å². The van der Waals surface area contributed by atoms with Gasteiger partial charge in [-0.25, -0.2) is 0 Å². The number of likely N-dealkylation sites (tertiary alicyclic amines) is 1. The van der Waals surface area contributed by atoms with Gasteiger partial charge >= 0.3 is 5.97 Å². The molecule has 2 aliphatic rings. The number of carbonyl (C=O) groups is 2. The summed E-state index contributed by atoms with van der Waals surface area (Å²) in [6.45, 7) is 4.22. The lowest BCUT2D eigenvalue weighted by Gasteiger charge is -2.36. The third-order valence-electron chi connectivity index (χ3n) is 5.17. The summed E-state index contributed by atoms with van der Waals surface area (Å²) >= 11 is 0. The zero-order chi connectivity index (χ0) is 18.8. The molecular formula is C18H23N3O5. The average Bonchev–Trinajstić information content (AvgIpc) is 3.14. The molecule has 1 aromatic carbocycles. The van der Waals surface area contributed by atoms with Crippen molar-refractivity contribution in [3.8, 4) is 0 Å². The Kier molecular flexibility index (Phi) is 5.11. The monoisotopic (exact) mass is 361 g/mol. The van der Waals surface area contributed by atoms with Gasteiger partial charge in [0.1, 0.15) is 5.56 Å². The second-order valence-electron chi connectivity index (χ2n) is 7.24. The minimum Gasteiger partial charge on any atom is -0.481 e. The number of benzene rings is 1. The van der Waals surface area contributed by atoms with Crippen LogP contribution in [0.15, 0.2) is 18.2 Å². The lowest BCUT2D eigenvalue weighted by atomic mass is 9.90. The number of hydrogen-bond donors (Lipinski definition) is 1. The van der Waals surface area contributed by atoms with Crippen LogP contribution in [0.1, 0.15) is 36.5 Å². The molecule has 2 fully saturated rings. The highest BCUT2D eigenvalue weighted by atomic mass is 16.6. The van der Waals surface area contributed by atoms with Crippen molar-refractivity contribution < 1.29 is 19.6 Å². The Morgan fingerprint density at radius 2 is 1.92 bits per heavy atom. The van der Waals surface area contributed by atoms with Gasteiger partial charge in [-0.05, 0) is 37.3 Å². The fourth-order valence-corrected chi connectivity index (χ4v) is 3.88. The van der Waals surface area contributed by atoms with Gasteiger partial charge < -0.3 is 14.9 Å². The molecule has 1 amide bonds. The maximum Gasteiger partial charge on any atom is 0.308 e. The highest BCUT2D eigenvalue weighted by molar-refractivity contribution is 5.99. The molecule has 2 saturated heterocycles. The third-order valence-corrected chi connectivity index (χ3v) is 5.17. The number of aliphatic carboxylic acids is 1. The van der Waals surface area contributed by atoms with Gasteiger partial charge in [0.2, 0.25) is 0 Å². The number of carbonyl (C=O) groups excluding carboxylic acids is 1. The number of hydrogen-bond acceptors (Lipinski definition) is 5. The topological polar surface area (TPSA) is 104 Å². The highest BCUT2D eigenvalue weighted by Crippen LogP contribution is 2.31. The first-order chi connectivity index (χ1) is 12.4. The minimum atomic E-state index is -0.836. The van der Waals surface area contributed by atoms with E-state index in [-0.39, 0.29) is 23.1 Å². The van der Waals surface area contributed by atoms with E-state index in [4.69, 9.17) is 0 Å². The predicted octanol–water partition coefficient (Wildman–Crippen LogP) is 2.38. The van der Waals surface area contributed by atoms with Crippen LogP contribution in [-0.4, -0.2) is 53.0 Å². The number of carboxylic acids is 1. The molecule has 0 aliphatic carbocycles. The Morgan fingerprint density at radius 3 is 2.54 bits per heavy atom. The molecule has 26 heavy (non-hydrogen) atoms. The summed E-state index contributed by atoms with van der Waals surface area (Å²) in [7, 11) is 0. The van der Waals surface area contributed by atoms with Gasteiger partial charge in [-0.2, -0.15) is 0 Å². The van der Waals surface area contributed by atoms with Gasteiger partial charge in [-0.3, -0.25) is 19.7 Å². The van der Waals surface area contributed by atoms with Gasteiger partial charge in [0.25, 0.3) is 11.6 Å². The van der Waals surface area contributed by atoms with Crippen LogP contribution < -0.4 is 4.90 Å². The molecule has 2 aliphatic heterocycles. The number of carboxylic acid groups (broad SMARTS) is 1. The minimum absolute atomic E-state index is 0.0829. The molecule has 0 aromatic heterocycles. The van der Waals surface area contributed by atoms with Crippen LogP contribution >= 0.6 is 0 Å². The van der Waals surface area contributed by atoms with Gasteiger partial charge in [-0.15, -0.1) is 0 Å². The molecule has 2 heterocycles. The van der Waals surface area contributed by atoms with Crippen molar-refractivity contribution in [3.05, 3.63) is 33.9 Å². The van der Waals surface area contributed by atoms with Crippen LogP contribution in [0.2, 0.25) is 0 Å². The summed E-state index contributed by atoms with van der Waals surface area (Å²) in [5.41, 5.74) is 0.543. The number of nitrogens with zero attached hydrogens (tertiary/aromatic N) is 3. The Bertz CT molecular complexity index is 730. The molecule has 1 aromatic rings. The van der Waals surface area contributed by atoms with E-state index in [1.54, 1.807) is 17.0 Å². The van der Waals surface area contributed by atoms with E-state index in [1.165, 1.54) is 6.07 Å². The van der Waals surface area contributed by atoms with Gasteiger partial charge in [0, 0.05) is 37.9 Å². The summed E-state index contributed by atoms with van der Waals surface area (Å²) in [6.07, 6.45) is 2.42. The first kappa shape index (κ1) is 18.2. The largest absolute Gasteiger partial charge is 0.481 e. The number of piperidine rings is 1. The zero-order valence-electron chi connectivity index (χ0n) is 14.8. The van der Waals surface area contributed by atoms with E-state index < -0.39 is 16.8 Å². The number of anilines is 1. The van der Waals surface area contributed by atoms with E-state index in [0.29, 0.717) is 38.3 Å². The highest BCUT2D eigenvalue weighted by Gasteiger charge is 2.32. The molecule has 0 bridgehead atoms. The van der Waals surface area contributed by atoms with Gasteiger partial charge in [0.05, 0.1) is 10.8 Å². The molecule has 3 rings (SSSR count). The summed E-state index contributed by atoms with van der Waals surface area (Å²) in [4.78, 5) is 38.5. The van der Waals surface area contributed by atoms with Crippen LogP contribution in [0, 0.1) is 22.0 Å². The summed E-state index contributed by atoms with van der Waals surface area (Å²) in [5, 5.41) is 20.7. The normalized spacial score (nSPS) is 23.1. The first-order valence-electron chi connectivity index (χ1n) is 8.92. The smallest absolute Gasteiger partial charge is 0.308 e. The van der Waals surface area contributed by atoms with Crippen molar-refractivity contribution in [2.75, 3.05) is 31.1 Å². The summed E-state index contributed by atoms with van der Waals surface area (Å²) in [5.74, 6) is -1.45. The molecule has 8 heteroatoms. The fourth-order valence-electron chi connectivity index (χ4n) is 3.88. The molecule has 8 nitrogen and oxygen atoms in total. The Morgan fingerprint density at radius 1 is 1.23 bits per heavy atom. The average molecular weight is 361 g/mol. The van der Waals surface area contributed by atoms with Crippen molar-refractivity contribution in [1.29, 1.82) is 0 Å². The Hall–Kier alpha value is -2.64. The molecule has 0 spiro atoms. The molecule has 0 radical (unpaired) electrons. The van der Waals surface area contributed by atoms with Crippen molar-refractivity contribution >= 4 is 23.3 Å². The predicted molar refractivity (Wildman–Crippen MR) is 95.4 cm³/mol. The van der Waals surface area contributed by atoms with E-state index in [1.807, 2.05) is 11.8 Å². The van der Waals surface area contributed by atoms with Crippen molar-refractivity contribution in [2.24, 2.45) is 11.8 Å². The van der Waals surface area contributed by atoms with Crippen LogP contribution in [-0.2, 0) is 4.79 Å². The van der Waals surface area contributed by atoms with Crippen LogP contribution in [0.4, 0.5) is 11.4 Å². The summed E-state index contributed by atoms with van der Waals surface area (Å²) in [6, 6.07) is 4.51. The van der Waals surface area contributed by atoms with Crippen LogP contribution in [0.3, 0.4) is 0 Å². The second-order valence-corrected chi connectivity index (χ2v) is 7.24. The zero-order valence-corrected chi connectivity index (χ0v) is 14.8.